The maximum atomic E-state index is 13.0. The van der Waals surface area contributed by atoms with Gasteiger partial charge >= 0.3 is 0 Å². The number of piperidine rings is 1. The molecule has 2 aromatic heterocycles. The largest absolute Gasteiger partial charge is 0.497 e. The zero-order valence-electron chi connectivity index (χ0n) is 18.7. The average molecular weight is 472 g/mol. The molecular weight excluding hydrogens is 442 g/mol. The molecule has 1 aromatic carbocycles. The molecule has 4 N–H and O–H groups in total. The quantitative estimate of drug-likeness (QED) is 0.344. The van der Waals surface area contributed by atoms with E-state index in [1.165, 1.54) is 0 Å². The van der Waals surface area contributed by atoms with Gasteiger partial charge in [0.25, 0.3) is 5.56 Å². The average Bonchev–Trinajstić information content (AvgIpc) is 3.18. The predicted octanol–water partition coefficient (Wildman–Crippen LogP) is 2.83. The molecule has 2 amide bonds. The van der Waals surface area contributed by atoms with Crippen molar-refractivity contribution in [3.05, 3.63) is 33.3 Å². The van der Waals surface area contributed by atoms with Crippen molar-refractivity contribution in [2.45, 2.75) is 45.1 Å². The van der Waals surface area contributed by atoms with Gasteiger partial charge < -0.3 is 25.3 Å². The highest BCUT2D eigenvalue weighted by atomic mass is 32.1. The highest BCUT2D eigenvalue weighted by molar-refractivity contribution is 7.71. The monoisotopic (exact) mass is 471 g/mol. The summed E-state index contributed by atoms with van der Waals surface area (Å²) in [5.41, 5.74) is 7.20. The Kier molecular flexibility index (Phi) is 6.83. The number of carbonyl (C=O) groups excluding carboxylic acids is 2. The number of H-pyrrole nitrogens is 2. The summed E-state index contributed by atoms with van der Waals surface area (Å²) in [6.07, 6.45) is 4.05. The second kappa shape index (κ2) is 9.78. The molecule has 1 aliphatic rings. The van der Waals surface area contributed by atoms with Gasteiger partial charge in [0.2, 0.25) is 11.8 Å². The molecule has 4 rings (SSSR count). The second-order valence-electron chi connectivity index (χ2n) is 8.54. The summed E-state index contributed by atoms with van der Waals surface area (Å²) in [6, 6.07) is 5.59. The number of nitrogens with one attached hydrogen (secondary N) is 2. The number of primary amides is 1. The lowest BCUT2D eigenvalue weighted by Crippen LogP contribution is -2.41. The minimum absolute atomic E-state index is 0.113. The zero-order valence-corrected chi connectivity index (χ0v) is 19.5. The number of hydrogen-bond donors (Lipinski definition) is 3. The van der Waals surface area contributed by atoms with Gasteiger partial charge in [0, 0.05) is 42.9 Å². The maximum absolute atomic E-state index is 13.0. The first-order valence-corrected chi connectivity index (χ1v) is 11.7. The molecule has 0 atom stereocenters. The molecule has 1 aliphatic heterocycles. The Morgan fingerprint density at radius 2 is 1.91 bits per heavy atom. The number of carbonyl (C=O) groups is 2. The molecule has 10 heteroatoms. The molecule has 176 valence electrons. The number of amides is 2. The van der Waals surface area contributed by atoms with Gasteiger partial charge in [-0.1, -0.05) is 6.42 Å². The van der Waals surface area contributed by atoms with Gasteiger partial charge in [0.1, 0.15) is 11.3 Å². The van der Waals surface area contributed by atoms with Crippen LogP contribution in [0.1, 0.15) is 38.5 Å². The lowest BCUT2D eigenvalue weighted by Gasteiger charge is -2.30. The number of ether oxygens (including phenoxy) is 1. The summed E-state index contributed by atoms with van der Waals surface area (Å²) in [6.45, 7) is 1.67. The number of benzene rings is 1. The summed E-state index contributed by atoms with van der Waals surface area (Å²) < 4.78 is 7.24. The topological polar surface area (TPSA) is 126 Å². The number of rotatable bonds is 8. The Morgan fingerprint density at radius 3 is 2.61 bits per heavy atom. The summed E-state index contributed by atoms with van der Waals surface area (Å²) in [7, 11) is 1.60. The summed E-state index contributed by atoms with van der Waals surface area (Å²) in [5, 5.41) is 0.859. The van der Waals surface area contributed by atoms with Crippen molar-refractivity contribution in [2.75, 3.05) is 20.2 Å². The fraction of sp³-hybridized carbons (Fsp3) is 0.478. The molecule has 1 saturated heterocycles. The SMILES string of the molecule is COc1ccc2[nH]c3c(=O)n(CCCCCC(=O)N4CCC(C(N)=O)CC4)c(=S)[nH]c3c2c1. The molecule has 0 spiro atoms. The number of unbranched alkanes of at least 4 members (excludes halogenated alkanes) is 2. The van der Waals surface area contributed by atoms with E-state index in [2.05, 4.69) is 9.97 Å². The summed E-state index contributed by atoms with van der Waals surface area (Å²) >= 11 is 5.46. The fourth-order valence-corrected chi connectivity index (χ4v) is 4.76. The van der Waals surface area contributed by atoms with E-state index in [0.717, 1.165) is 30.2 Å². The lowest BCUT2D eigenvalue weighted by molar-refractivity contribution is -0.135. The van der Waals surface area contributed by atoms with E-state index < -0.39 is 0 Å². The van der Waals surface area contributed by atoms with Gasteiger partial charge in [-0.2, -0.15) is 0 Å². The molecular formula is C23H29N5O4S. The van der Waals surface area contributed by atoms with E-state index in [0.29, 0.717) is 60.5 Å². The number of hydrogen-bond acceptors (Lipinski definition) is 5. The molecule has 1 fully saturated rings. The first-order valence-electron chi connectivity index (χ1n) is 11.3. The van der Waals surface area contributed by atoms with Crippen molar-refractivity contribution in [1.29, 1.82) is 0 Å². The Labute approximate surface area is 195 Å². The third-order valence-electron chi connectivity index (χ3n) is 6.46. The minimum atomic E-state index is -0.277. The van der Waals surface area contributed by atoms with Gasteiger partial charge in [-0.05, 0) is 56.1 Å². The number of nitrogens with two attached hydrogens (primary N) is 1. The van der Waals surface area contributed by atoms with Crippen LogP contribution in [0.15, 0.2) is 23.0 Å². The van der Waals surface area contributed by atoms with E-state index in [1.54, 1.807) is 11.7 Å². The van der Waals surface area contributed by atoms with E-state index >= 15 is 0 Å². The molecule has 0 unspecified atom stereocenters. The lowest BCUT2D eigenvalue weighted by atomic mass is 9.96. The van der Waals surface area contributed by atoms with Crippen LogP contribution in [-0.2, 0) is 16.1 Å². The van der Waals surface area contributed by atoms with Crippen molar-refractivity contribution in [2.24, 2.45) is 11.7 Å². The maximum Gasteiger partial charge on any atom is 0.278 e. The molecule has 33 heavy (non-hydrogen) atoms. The van der Waals surface area contributed by atoms with Crippen LogP contribution in [0.5, 0.6) is 5.75 Å². The van der Waals surface area contributed by atoms with E-state index in [4.69, 9.17) is 22.7 Å². The van der Waals surface area contributed by atoms with Gasteiger partial charge in [-0.25, -0.2) is 0 Å². The summed E-state index contributed by atoms with van der Waals surface area (Å²) in [5.74, 6) is 0.426. The van der Waals surface area contributed by atoms with Crippen molar-refractivity contribution < 1.29 is 14.3 Å². The van der Waals surface area contributed by atoms with Crippen LogP contribution in [0, 0.1) is 10.7 Å². The number of fused-ring (bicyclic) bond motifs is 3. The molecule has 3 heterocycles. The van der Waals surface area contributed by atoms with Gasteiger partial charge in [0.15, 0.2) is 4.77 Å². The number of nitrogens with zero attached hydrogens (tertiary/aromatic N) is 2. The van der Waals surface area contributed by atoms with E-state index in [1.807, 2.05) is 23.1 Å². The van der Waals surface area contributed by atoms with E-state index in [9.17, 15) is 14.4 Å². The standard InChI is InChI=1S/C23H29N5O4S/c1-32-15-6-7-17-16(13-15)19-20(25-17)22(31)28(23(33)26-19)10-4-2-3-5-18(29)27-11-8-14(9-12-27)21(24)30/h6-7,13-14,25H,2-5,8-12H2,1H3,(H2,24,30)(H,26,33). The molecule has 0 bridgehead atoms. The van der Waals surface area contributed by atoms with Crippen LogP contribution in [0.25, 0.3) is 21.9 Å². The molecule has 0 saturated carbocycles. The Morgan fingerprint density at radius 1 is 1.15 bits per heavy atom. The number of likely N-dealkylation sites (tertiary alicyclic amines) is 1. The first-order chi connectivity index (χ1) is 15.9. The van der Waals surface area contributed by atoms with Crippen molar-refractivity contribution >= 4 is 46.0 Å². The number of methoxy groups -OCH3 is 1. The molecule has 0 aliphatic carbocycles. The number of aromatic nitrogens is 3. The van der Waals surface area contributed by atoms with Crippen LogP contribution in [0.3, 0.4) is 0 Å². The van der Waals surface area contributed by atoms with Crippen molar-refractivity contribution in [3.63, 3.8) is 0 Å². The molecule has 3 aromatic rings. The van der Waals surface area contributed by atoms with Gasteiger partial charge in [0.05, 0.1) is 12.6 Å². The normalized spacial score (nSPS) is 14.8. The highest BCUT2D eigenvalue weighted by Crippen LogP contribution is 2.26. The fourth-order valence-electron chi connectivity index (χ4n) is 4.49. The van der Waals surface area contributed by atoms with Crippen LogP contribution in [0.2, 0.25) is 0 Å². The minimum Gasteiger partial charge on any atom is -0.497 e. The van der Waals surface area contributed by atoms with Crippen LogP contribution in [-0.4, -0.2) is 51.4 Å². The third-order valence-corrected chi connectivity index (χ3v) is 6.79. The van der Waals surface area contributed by atoms with Gasteiger partial charge in [-0.15, -0.1) is 0 Å². The molecule has 9 nitrogen and oxygen atoms in total. The van der Waals surface area contributed by atoms with Crippen LogP contribution < -0.4 is 16.0 Å². The van der Waals surface area contributed by atoms with Crippen molar-refractivity contribution in [1.82, 2.24) is 19.4 Å². The molecule has 0 radical (unpaired) electrons. The predicted molar refractivity (Wildman–Crippen MR) is 129 cm³/mol. The van der Waals surface area contributed by atoms with Crippen LogP contribution >= 0.6 is 12.2 Å². The zero-order chi connectivity index (χ0) is 23.5. The Balaban J connectivity index is 1.34. The van der Waals surface area contributed by atoms with E-state index in [-0.39, 0.29) is 23.3 Å². The third kappa shape index (κ3) is 4.80. The Hall–Kier alpha value is -3.14. The summed E-state index contributed by atoms with van der Waals surface area (Å²) in [4.78, 5) is 44.9. The smallest absolute Gasteiger partial charge is 0.278 e. The highest BCUT2D eigenvalue weighted by Gasteiger charge is 2.25. The van der Waals surface area contributed by atoms with Crippen molar-refractivity contribution in [3.8, 4) is 5.75 Å². The van der Waals surface area contributed by atoms with Gasteiger partial charge in [-0.3, -0.25) is 19.0 Å². The second-order valence-corrected chi connectivity index (χ2v) is 8.93. The van der Waals surface area contributed by atoms with Crippen LogP contribution in [0.4, 0.5) is 0 Å². The number of aromatic amines is 2. The Bertz CT molecular complexity index is 1300. The first kappa shape index (κ1) is 23.0.